The molecule has 0 N–H and O–H groups in total. The molecule has 0 saturated heterocycles. The molecule has 0 amide bonds. The molecule has 6 nitrogen and oxygen atoms in total. The van der Waals surface area contributed by atoms with Crippen LogP contribution < -0.4 is 4.74 Å². The van der Waals surface area contributed by atoms with Crippen molar-refractivity contribution >= 4 is 27.2 Å². The maximum absolute atomic E-state index is 13.6. The number of aryl methyl sites for hydroxylation is 2. The van der Waals surface area contributed by atoms with Crippen molar-refractivity contribution in [1.82, 2.24) is 9.97 Å². The number of nitro groups is 1. The number of non-ortho nitro benzene ring substituents is 1. The third-order valence-corrected chi connectivity index (χ3v) is 6.57. The van der Waals surface area contributed by atoms with Crippen molar-refractivity contribution in [3.05, 3.63) is 80.5 Å². The monoisotopic (exact) mass is 435 g/mol. The van der Waals surface area contributed by atoms with E-state index in [9.17, 15) is 14.5 Å². The summed E-state index contributed by atoms with van der Waals surface area (Å²) in [7, 11) is 0. The van der Waals surface area contributed by atoms with Gasteiger partial charge >= 0.3 is 0 Å². The van der Waals surface area contributed by atoms with Gasteiger partial charge in [0, 0.05) is 22.6 Å². The highest BCUT2D eigenvalue weighted by Crippen LogP contribution is 2.40. The van der Waals surface area contributed by atoms with Gasteiger partial charge in [0.2, 0.25) is 5.88 Å². The first-order valence-corrected chi connectivity index (χ1v) is 10.8. The van der Waals surface area contributed by atoms with Gasteiger partial charge < -0.3 is 4.74 Å². The number of nitrogens with zero attached hydrogens (tertiary/aromatic N) is 3. The normalized spacial score (nSPS) is 13.2. The van der Waals surface area contributed by atoms with Gasteiger partial charge in [0.15, 0.2) is 5.82 Å². The summed E-state index contributed by atoms with van der Waals surface area (Å²) in [6.45, 7) is 0.189. The first-order valence-electron chi connectivity index (χ1n) is 10.0. The van der Waals surface area contributed by atoms with E-state index < -0.39 is 4.92 Å². The molecular weight excluding hydrogens is 417 g/mol. The van der Waals surface area contributed by atoms with Crippen LogP contribution in [-0.4, -0.2) is 14.9 Å². The molecule has 4 aromatic rings. The number of hydrogen-bond donors (Lipinski definition) is 0. The Morgan fingerprint density at radius 3 is 2.68 bits per heavy atom. The Labute approximate surface area is 181 Å². The SMILES string of the molecule is O=[N+]([O-])c1ccc(-c2nc(OCc3cccc(F)c3)c3c4c(sc3n2)CCCC4)cc1. The molecule has 2 heterocycles. The molecule has 31 heavy (non-hydrogen) atoms. The van der Waals surface area contributed by atoms with Crippen LogP contribution in [0.4, 0.5) is 10.1 Å². The smallest absolute Gasteiger partial charge is 0.269 e. The van der Waals surface area contributed by atoms with Crippen LogP contribution in [0.5, 0.6) is 5.88 Å². The number of thiophene rings is 1. The summed E-state index contributed by atoms with van der Waals surface area (Å²) < 4.78 is 19.7. The molecule has 0 aliphatic heterocycles. The van der Waals surface area contributed by atoms with Gasteiger partial charge in [-0.3, -0.25) is 10.1 Å². The molecule has 2 aromatic heterocycles. The first-order chi connectivity index (χ1) is 15.1. The predicted molar refractivity (Wildman–Crippen MR) is 117 cm³/mol. The van der Waals surface area contributed by atoms with Crippen LogP contribution in [0, 0.1) is 15.9 Å². The Bertz CT molecular complexity index is 1290. The topological polar surface area (TPSA) is 78.2 Å². The number of benzene rings is 2. The molecule has 5 rings (SSSR count). The van der Waals surface area contributed by atoms with Crippen molar-refractivity contribution in [2.24, 2.45) is 0 Å². The summed E-state index contributed by atoms with van der Waals surface area (Å²) in [5.74, 6) is 0.616. The van der Waals surface area contributed by atoms with Crippen molar-refractivity contribution in [3.63, 3.8) is 0 Å². The molecule has 1 aliphatic rings. The fourth-order valence-corrected chi connectivity index (χ4v) is 5.12. The molecule has 0 fully saturated rings. The second kappa shape index (κ2) is 8.03. The first kappa shape index (κ1) is 19.6. The lowest BCUT2D eigenvalue weighted by molar-refractivity contribution is -0.384. The number of ether oxygens (including phenoxy) is 1. The van der Waals surface area contributed by atoms with Gasteiger partial charge in [0.25, 0.3) is 5.69 Å². The molecule has 0 bridgehead atoms. The van der Waals surface area contributed by atoms with Crippen LogP contribution in [0.3, 0.4) is 0 Å². The zero-order chi connectivity index (χ0) is 21.4. The molecule has 0 atom stereocenters. The fourth-order valence-electron chi connectivity index (χ4n) is 3.87. The molecule has 0 spiro atoms. The van der Waals surface area contributed by atoms with Gasteiger partial charge in [-0.2, -0.15) is 4.98 Å². The van der Waals surface area contributed by atoms with Gasteiger partial charge in [-0.05, 0) is 61.1 Å². The lowest BCUT2D eigenvalue weighted by Gasteiger charge is -2.13. The number of nitro benzene ring substituents is 1. The van der Waals surface area contributed by atoms with E-state index in [0.29, 0.717) is 22.8 Å². The molecule has 2 aromatic carbocycles. The molecule has 0 unspecified atom stereocenters. The van der Waals surface area contributed by atoms with Gasteiger partial charge in [-0.25, -0.2) is 9.37 Å². The Hall–Kier alpha value is -3.39. The highest BCUT2D eigenvalue weighted by Gasteiger charge is 2.22. The van der Waals surface area contributed by atoms with Crippen LogP contribution >= 0.6 is 11.3 Å². The van der Waals surface area contributed by atoms with Gasteiger partial charge in [0.05, 0.1) is 10.3 Å². The average Bonchev–Trinajstić information content (AvgIpc) is 3.16. The molecule has 1 aliphatic carbocycles. The van der Waals surface area contributed by atoms with E-state index in [1.807, 2.05) is 6.07 Å². The minimum atomic E-state index is -0.436. The van der Waals surface area contributed by atoms with Crippen molar-refractivity contribution in [1.29, 1.82) is 0 Å². The zero-order valence-corrected chi connectivity index (χ0v) is 17.3. The predicted octanol–water partition coefficient (Wildman–Crippen LogP) is 5.86. The second-order valence-corrected chi connectivity index (χ2v) is 8.55. The molecule has 8 heteroatoms. The van der Waals surface area contributed by atoms with Crippen LogP contribution in [-0.2, 0) is 19.4 Å². The summed E-state index contributed by atoms with van der Waals surface area (Å²) in [5.41, 5.74) is 2.65. The van der Waals surface area contributed by atoms with E-state index >= 15 is 0 Å². The van der Waals surface area contributed by atoms with Gasteiger partial charge in [-0.1, -0.05) is 12.1 Å². The third-order valence-electron chi connectivity index (χ3n) is 5.38. The Morgan fingerprint density at radius 2 is 1.90 bits per heavy atom. The van der Waals surface area contributed by atoms with Crippen LogP contribution in [0.1, 0.15) is 28.8 Å². The van der Waals surface area contributed by atoms with Crippen LogP contribution in [0.2, 0.25) is 0 Å². The maximum atomic E-state index is 13.6. The highest BCUT2D eigenvalue weighted by atomic mass is 32.1. The standard InChI is InChI=1S/C23H18FN3O3S/c24-16-5-3-4-14(12-16)13-30-22-20-18-6-1-2-7-19(18)31-23(20)26-21(25-22)15-8-10-17(11-9-15)27(28)29/h3-5,8-12H,1-2,6-7,13H2. The lowest BCUT2D eigenvalue weighted by Crippen LogP contribution is -2.03. The maximum Gasteiger partial charge on any atom is 0.269 e. The largest absolute Gasteiger partial charge is 0.472 e. The zero-order valence-electron chi connectivity index (χ0n) is 16.5. The second-order valence-electron chi connectivity index (χ2n) is 7.47. The summed E-state index contributed by atoms with van der Waals surface area (Å²) in [6.07, 6.45) is 4.26. The minimum absolute atomic E-state index is 0.0130. The van der Waals surface area contributed by atoms with Crippen molar-refractivity contribution in [3.8, 4) is 17.3 Å². The Balaban J connectivity index is 1.58. The quantitative estimate of drug-likeness (QED) is 0.290. The van der Waals surface area contributed by atoms with Crippen molar-refractivity contribution < 1.29 is 14.1 Å². The van der Waals surface area contributed by atoms with E-state index in [4.69, 9.17) is 9.72 Å². The van der Waals surface area contributed by atoms with E-state index in [2.05, 4.69) is 4.98 Å². The lowest BCUT2D eigenvalue weighted by atomic mass is 9.97. The number of hydrogen-bond acceptors (Lipinski definition) is 6. The van der Waals surface area contributed by atoms with Crippen molar-refractivity contribution in [2.75, 3.05) is 0 Å². The van der Waals surface area contributed by atoms with E-state index in [0.717, 1.165) is 35.9 Å². The molecule has 156 valence electrons. The summed E-state index contributed by atoms with van der Waals surface area (Å²) >= 11 is 1.66. The Kier molecular flexibility index (Phi) is 5.07. The molecule has 0 radical (unpaired) electrons. The van der Waals surface area contributed by atoms with Crippen LogP contribution in [0.15, 0.2) is 48.5 Å². The summed E-state index contributed by atoms with van der Waals surface area (Å²) in [4.78, 5) is 22.1. The average molecular weight is 435 g/mol. The van der Waals surface area contributed by atoms with E-state index in [1.54, 1.807) is 29.5 Å². The number of halogens is 1. The number of rotatable bonds is 5. The third kappa shape index (κ3) is 3.86. The summed E-state index contributed by atoms with van der Waals surface area (Å²) in [5, 5.41) is 11.9. The fraction of sp³-hybridized carbons (Fsp3) is 0.217. The molecular formula is C23H18FN3O3S. The Morgan fingerprint density at radius 1 is 1.10 bits per heavy atom. The van der Waals surface area contributed by atoms with Gasteiger partial charge in [0.1, 0.15) is 17.3 Å². The van der Waals surface area contributed by atoms with E-state index in [-0.39, 0.29) is 18.1 Å². The minimum Gasteiger partial charge on any atom is -0.472 e. The number of fused-ring (bicyclic) bond motifs is 3. The highest BCUT2D eigenvalue weighted by molar-refractivity contribution is 7.18. The van der Waals surface area contributed by atoms with Gasteiger partial charge in [-0.15, -0.1) is 11.3 Å². The van der Waals surface area contributed by atoms with Crippen LogP contribution in [0.25, 0.3) is 21.6 Å². The molecule has 0 saturated carbocycles. The summed E-state index contributed by atoms with van der Waals surface area (Å²) in [6, 6.07) is 12.5. The number of aromatic nitrogens is 2. The van der Waals surface area contributed by atoms with Crippen molar-refractivity contribution in [2.45, 2.75) is 32.3 Å². The van der Waals surface area contributed by atoms with E-state index in [1.165, 1.54) is 34.7 Å².